The molecule has 1 aliphatic heterocycles. The Kier molecular flexibility index (Phi) is 6.39. The van der Waals surface area contributed by atoms with Crippen LogP contribution < -0.4 is 5.32 Å². The second-order valence-electron chi connectivity index (χ2n) is 6.86. The van der Waals surface area contributed by atoms with Gasteiger partial charge in [-0.1, -0.05) is 25.1 Å². The van der Waals surface area contributed by atoms with E-state index in [2.05, 4.69) is 10.4 Å². The van der Waals surface area contributed by atoms with Crippen molar-refractivity contribution in [1.82, 2.24) is 20.0 Å². The van der Waals surface area contributed by atoms with E-state index in [-0.39, 0.29) is 18.3 Å². The highest BCUT2D eigenvalue weighted by Gasteiger charge is 2.22. The SMILES string of the molecule is CCCN(Cc1ccccc1F)C(=O)Cn1nccc1C1CCCNC1. The molecule has 1 amide bonds. The quantitative estimate of drug-likeness (QED) is 0.828. The van der Waals surface area contributed by atoms with Crippen LogP contribution in [0, 0.1) is 5.82 Å². The normalized spacial score (nSPS) is 17.2. The summed E-state index contributed by atoms with van der Waals surface area (Å²) in [6.45, 7) is 5.10. The average Bonchev–Trinajstić information content (AvgIpc) is 3.12. The highest BCUT2D eigenvalue weighted by atomic mass is 19.1. The van der Waals surface area contributed by atoms with Crippen molar-refractivity contribution in [3.63, 3.8) is 0 Å². The molecule has 140 valence electrons. The monoisotopic (exact) mass is 358 g/mol. The number of rotatable bonds is 7. The summed E-state index contributed by atoms with van der Waals surface area (Å²) in [6.07, 6.45) is 4.84. The number of nitrogens with one attached hydrogen (secondary N) is 1. The van der Waals surface area contributed by atoms with Gasteiger partial charge in [-0.05, 0) is 37.9 Å². The van der Waals surface area contributed by atoms with E-state index in [1.165, 1.54) is 6.07 Å². The van der Waals surface area contributed by atoms with E-state index in [1.54, 1.807) is 29.3 Å². The van der Waals surface area contributed by atoms with E-state index in [4.69, 9.17) is 0 Å². The topological polar surface area (TPSA) is 50.2 Å². The van der Waals surface area contributed by atoms with E-state index < -0.39 is 0 Å². The van der Waals surface area contributed by atoms with E-state index in [0.29, 0.717) is 24.6 Å². The molecule has 3 rings (SSSR count). The molecule has 1 unspecified atom stereocenters. The lowest BCUT2D eigenvalue weighted by molar-refractivity contribution is -0.132. The zero-order valence-electron chi connectivity index (χ0n) is 15.3. The molecule has 1 N–H and O–H groups in total. The molecule has 5 nitrogen and oxygen atoms in total. The summed E-state index contributed by atoms with van der Waals surface area (Å²) >= 11 is 0. The summed E-state index contributed by atoms with van der Waals surface area (Å²) in [5.41, 5.74) is 1.65. The molecule has 0 aliphatic carbocycles. The van der Waals surface area contributed by atoms with Crippen molar-refractivity contribution in [2.45, 2.75) is 45.2 Å². The lowest BCUT2D eigenvalue weighted by atomic mass is 9.96. The van der Waals surface area contributed by atoms with Crippen molar-refractivity contribution in [3.8, 4) is 0 Å². The Morgan fingerprint density at radius 1 is 1.38 bits per heavy atom. The van der Waals surface area contributed by atoms with Crippen molar-refractivity contribution in [3.05, 3.63) is 53.6 Å². The Labute approximate surface area is 154 Å². The number of hydrogen-bond acceptors (Lipinski definition) is 3. The lowest BCUT2D eigenvalue weighted by Gasteiger charge is -2.25. The summed E-state index contributed by atoms with van der Waals surface area (Å²) in [6, 6.07) is 8.64. The Balaban J connectivity index is 1.70. The predicted molar refractivity (Wildman–Crippen MR) is 99.2 cm³/mol. The molecule has 1 fully saturated rings. The zero-order valence-corrected chi connectivity index (χ0v) is 15.3. The van der Waals surface area contributed by atoms with Crippen LogP contribution in [0.1, 0.15) is 43.4 Å². The largest absolute Gasteiger partial charge is 0.337 e. The van der Waals surface area contributed by atoms with Crippen LogP contribution in [0.25, 0.3) is 0 Å². The molecule has 0 bridgehead atoms. The van der Waals surface area contributed by atoms with Gasteiger partial charge in [0.05, 0.1) is 0 Å². The Morgan fingerprint density at radius 2 is 2.23 bits per heavy atom. The second-order valence-corrected chi connectivity index (χ2v) is 6.86. The van der Waals surface area contributed by atoms with E-state index in [1.807, 2.05) is 17.7 Å². The van der Waals surface area contributed by atoms with Crippen LogP contribution in [-0.2, 0) is 17.9 Å². The molecule has 26 heavy (non-hydrogen) atoms. The smallest absolute Gasteiger partial charge is 0.244 e. The first kappa shape index (κ1) is 18.6. The van der Waals surface area contributed by atoms with Crippen LogP contribution in [0.5, 0.6) is 0 Å². The highest BCUT2D eigenvalue weighted by molar-refractivity contribution is 5.76. The number of benzene rings is 1. The third-order valence-corrected chi connectivity index (χ3v) is 4.91. The number of carbonyl (C=O) groups is 1. The molecular weight excluding hydrogens is 331 g/mol. The van der Waals surface area contributed by atoms with Gasteiger partial charge in [-0.25, -0.2) is 4.39 Å². The fourth-order valence-electron chi connectivity index (χ4n) is 3.55. The molecule has 1 aromatic heterocycles. The minimum atomic E-state index is -0.269. The van der Waals surface area contributed by atoms with E-state index in [9.17, 15) is 9.18 Å². The summed E-state index contributed by atoms with van der Waals surface area (Å²) in [5.74, 6) is 0.100. The van der Waals surface area contributed by atoms with Gasteiger partial charge in [-0.15, -0.1) is 0 Å². The number of nitrogens with zero attached hydrogens (tertiary/aromatic N) is 3. The number of aromatic nitrogens is 2. The number of carbonyl (C=O) groups excluding carboxylic acids is 1. The number of piperidine rings is 1. The van der Waals surface area contributed by atoms with Crippen LogP contribution in [-0.4, -0.2) is 40.2 Å². The molecule has 1 atom stereocenters. The molecule has 0 saturated carbocycles. The van der Waals surface area contributed by atoms with Gasteiger partial charge >= 0.3 is 0 Å². The molecule has 0 spiro atoms. The van der Waals surface area contributed by atoms with Crippen molar-refractivity contribution >= 4 is 5.91 Å². The van der Waals surface area contributed by atoms with Crippen LogP contribution >= 0.6 is 0 Å². The van der Waals surface area contributed by atoms with Crippen molar-refractivity contribution in [1.29, 1.82) is 0 Å². The van der Waals surface area contributed by atoms with E-state index in [0.717, 1.165) is 38.0 Å². The van der Waals surface area contributed by atoms with Crippen LogP contribution in [0.3, 0.4) is 0 Å². The van der Waals surface area contributed by atoms with Gasteiger partial charge in [0.2, 0.25) is 5.91 Å². The standard InChI is InChI=1S/C20H27FN4O/c1-2-12-24(14-17-6-3-4-8-18(17)21)20(26)15-25-19(9-11-23-25)16-7-5-10-22-13-16/h3-4,6,8-9,11,16,22H,2,5,7,10,12-15H2,1H3. The fourth-order valence-corrected chi connectivity index (χ4v) is 3.55. The minimum Gasteiger partial charge on any atom is -0.337 e. The molecule has 2 heterocycles. The highest BCUT2D eigenvalue weighted by Crippen LogP contribution is 2.23. The van der Waals surface area contributed by atoms with Gasteiger partial charge in [-0.2, -0.15) is 5.10 Å². The summed E-state index contributed by atoms with van der Waals surface area (Å²) in [7, 11) is 0. The third kappa shape index (κ3) is 4.49. The maximum Gasteiger partial charge on any atom is 0.244 e. The van der Waals surface area contributed by atoms with Crippen LogP contribution in [0.4, 0.5) is 4.39 Å². The summed E-state index contributed by atoms with van der Waals surface area (Å²) < 4.78 is 15.8. The minimum absolute atomic E-state index is 0.0242. The number of amides is 1. The molecule has 1 aromatic carbocycles. The van der Waals surface area contributed by atoms with Crippen molar-refractivity contribution < 1.29 is 9.18 Å². The first-order valence-corrected chi connectivity index (χ1v) is 9.42. The lowest BCUT2D eigenvalue weighted by Crippen LogP contribution is -2.36. The second kappa shape index (κ2) is 8.94. The molecule has 6 heteroatoms. The van der Waals surface area contributed by atoms with Crippen molar-refractivity contribution in [2.24, 2.45) is 0 Å². The summed E-state index contributed by atoms with van der Waals surface area (Å²) in [5, 5.41) is 7.77. The Hall–Kier alpha value is -2.21. The van der Waals surface area contributed by atoms with E-state index >= 15 is 0 Å². The average molecular weight is 358 g/mol. The maximum atomic E-state index is 14.0. The Bertz CT molecular complexity index is 724. The first-order valence-electron chi connectivity index (χ1n) is 9.42. The number of hydrogen-bond donors (Lipinski definition) is 1. The summed E-state index contributed by atoms with van der Waals surface area (Å²) in [4.78, 5) is 14.6. The van der Waals surface area contributed by atoms with Crippen LogP contribution in [0.2, 0.25) is 0 Å². The first-order chi connectivity index (χ1) is 12.7. The fraction of sp³-hybridized carbons (Fsp3) is 0.500. The third-order valence-electron chi connectivity index (χ3n) is 4.91. The maximum absolute atomic E-state index is 14.0. The molecule has 0 radical (unpaired) electrons. The molecule has 2 aromatic rings. The van der Waals surface area contributed by atoms with Gasteiger partial charge < -0.3 is 10.2 Å². The number of halogens is 1. The van der Waals surface area contributed by atoms with Crippen LogP contribution in [0.15, 0.2) is 36.5 Å². The molecular formula is C20H27FN4O. The van der Waals surface area contributed by atoms with Gasteiger partial charge in [0.25, 0.3) is 0 Å². The zero-order chi connectivity index (χ0) is 18.4. The Morgan fingerprint density at radius 3 is 2.96 bits per heavy atom. The van der Waals surface area contributed by atoms with Gasteiger partial charge in [0.15, 0.2) is 0 Å². The molecule has 1 saturated heterocycles. The van der Waals surface area contributed by atoms with Crippen molar-refractivity contribution in [2.75, 3.05) is 19.6 Å². The van der Waals surface area contributed by atoms with Gasteiger partial charge in [0.1, 0.15) is 12.4 Å². The predicted octanol–water partition coefficient (Wildman–Crippen LogP) is 2.93. The molecule has 1 aliphatic rings. The van der Waals surface area contributed by atoms with Gasteiger partial charge in [0, 0.05) is 43.0 Å². The van der Waals surface area contributed by atoms with Gasteiger partial charge in [-0.3, -0.25) is 9.48 Å².